The number of benzene rings is 1. The Morgan fingerprint density at radius 1 is 1.20 bits per heavy atom. The number of hydrogen-bond donors (Lipinski definition) is 0. The number of rotatable bonds is 7. The van der Waals surface area contributed by atoms with E-state index in [9.17, 15) is 26.6 Å². The van der Waals surface area contributed by atoms with Crippen LogP contribution in [-0.2, 0) is 23.2 Å². The number of halogens is 5. The molecule has 44 heavy (non-hydrogen) atoms. The van der Waals surface area contributed by atoms with Gasteiger partial charge in [-0.25, -0.2) is 17.6 Å². The van der Waals surface area contributed by atoms with E-state index >= 15 is 0 Å². The molecule has 1 aromatic carbocycles. The molecule has 1 fully saturated rings. The monoisotopic (exact) mass is 646 g/mol. The van der Waals surface area contributed by atoms with Gasteiger partial charge in [0, 0.05) is 30.5 Å². The fourth-order valence-electron chi connectivity index (χ4n) is 6.24. The third-order valence-electron chi connectivity index (χ3n) is 8.27. The summed E-state index contributed by atoms with van der Waals surface area (Å²) in [5.74, 6) is 2.96. The van der Waals surface area contributed by atoms with Gasteiger partial charge in [0.05, 0.1) is 43.8 Å². The summed E-state index contributed by atoms with van der Waals surface area (Å²) in [6, 6.07) is 7.83. The lowest BCUT2D eigenvalue weighted by atomic mass is 9.60. The first-order valence-electron chi connectivity index (χ1n) is 13.7. The van der Waals surface area contributed by atoms with Crippen molar-refractivity contribution in [3.63, 3.8) is 0 Å². The minimum Gasteiger partial charge on any atom is -0.291 e. The minimum absolute atomic E-state index is 0.0639. The number of aryl methyl sites for hydroxylation is 1. The van der Waals surface area contributed by atoms with E-state index in [0.29, 0.717) is 22.5 Å². The first-order chi connectivity index (χ1) is 20.8. The van der Waals surface area contributed by atoms with Gasteiger partial charge < -0.3 is 0 Å². The predicted octanol–water partition coefficient (Wildman–Crippen LogP) is 5.71. The molecule has 0 N–H and O–H groups in total. The quantitative estimate of drug-likeness (QED) is 0.146. The van der Waals surface area contributed by atoms with Crippen LogP contribution in [0.1, 0.15) is 41.0 Å². The van der Waals surface area contributed by atoms with Crippen LogP contribution in [0.5, 0.6) is 0 Å². The Morgan fingerprint density at radius 2 is 1.95 bits per heavy atom. The first kappa shape index (κ1) is 30.2. The molecule has 0 bridgehead atoms. The third-order valence-corrected chi connectivity index (χ3v) is 10.6. The molecule has 4 aromatic rings. The zero-order valence-corrected chi connectivity index (χ0v) is 25.0. The number of Topliss-reactive ketones (excluding diaryl/α,β-unsaturated/α-hetero) is 1. The van der Waals surface area contributed by atoms with Crippen molar-refractivity contribution in [1.82, 2.24) is 28.9 Å². The van der Waals surface area contributed by atoms with Crippen LogP contribution in [-0.4, -0.2) is 63.5 Å². The van der Waals surface area contributed by atoms with Crippen molar-refractivity contribution in [1.29, 1.82) is 0 Å². The second-order valence-electron chi connectivity index (χ2n) is 11.1. The average molecular weight is 647 g/mol. The van der Waals surface area contributed by atoms with Crippen molar-refractivity contribution in [2.45, 2.75) is 42.8 Å². The maximum atomic E-state index is 14.4. The Morgan fingerprint density at radius 3 is 2.61 bits per heavy atom. The van der Waals surface area contributed by atoms with Gasteiger partial charge in [-0.05, 0) is 79.6 Å². The van der Waals surface area contributed by atoms with Crippen molar-refractivity contribution >= 4 is 39.0 Å². The minimum atomic E-state index is -4.69. The number of nitrogens with zero attached hydrogens (tertiary/aromatic N) is 6. The average Bonchev–Trinajstić information content (AvgIpc) is 3.60. The van der Waals surface area contributed by atoms with Gasteiger partial charge in [-0.15, -0.1) is 0 Å². The van der Waals surface area contributed by atoms with Gasteiger partial charge in [0.1, 0.15) is 18.1 Å². The maximum Gasteiger partial charge on any atom is 0.402 e. The lowest BCUT2D eigenvalue weighted by molar-refractivity contribution is -0.140. The van der Waals surface area contributed by atoms with Crippen LogP contribution in [0.4, 0.5) is 17.6 Å². The molecule has 14 heteroatoms. The zero-order chi connectivity index (χ0) is 31.4. The predicted molar refractivity (Wildman–Crippen MR) is 158 cm³/mol. The van der Waals surface area contributed by atoms with E-state index in [4.69, 9.17) is 11.6 Å². The number of allylic oxidation sites excluding steroid dienone is 1. The summed E-state index contributed by atoms with van der Waals surface area (Å²) in [6.07, 6.45) is 3.25. The molecule has 1 unspecified atom stereocenters. The highest BCUT2D eigenvalue weighted by atomic mass is 35.5. The fraction of sp³-hybridized carbons (Fsp3) is 0.300. The normalized spacial score (nSPS) is 21.3. The van der Waals surface area contributed by atoms with Crippen LogP contribution in [0.3, 0.4) is 0 Å². The Bertz CT molecular complexity index is 1880. The highest BCUT2D eigenvalue weighted by Crippen LogP contribution is 2.51. The van der Waals surface area contributed by atoms with Crippen LogP contribution >= 0.6 is 11.6 Å². The number of fused-ring (bicyclic) bond motifs is 2. The van der Waals surface area contributed by atoms with Gasteiger partial charge in [-0.3, -0.25) is 14.5 Å². The van der Waals surface area contributed by atoms with Crippen LogP contribution in [0.25, 0.3) is 11.8 Å². The van der Waals surface area contributed by atoms with Crippen molar-refractivity contribution in [2.24, 2.45) is 12.5 Å². The molecule has 1 saturated carbocycles. The van der Waals surface area contributed by atoms with Crippen LogP contribution in [0.15, 0.2) is 71.7 Å². The summed E-state index contributed by atoms with van der Waals surface area (Å²) in [5, 5.41) is 8.78. The smallest absolute Gasteiger partial charge is 0.291 e. The number of pyridine rings is 1. The molecule has 2 aliphatic rings. The molecule has 8 nitrogen and oxygen atoms in total. The van der Waals surface area contributed by atoms with E-state index in [0.717, 1.165) is 4.31 Å². The summed E-state index contributed by atoms with van der Waals surface area (Å²) in [4.78, 5) is 18.8. The summed E-state index contributed by atoms with van der Waals surface area (Å²) < 4.78 is 73.7. The standard InChI is InChI=1S/C30H27ClF4N6O2S/c1-39-17-25(16-37-39)44(2,43)40(18-30(33,34)35)24-6-3-20-11-27-19(15-38-41(27)23-7-4-22(32)5-8-23)13-29(20,14-24)28(42)26-12-21(31)9-10-36-26/h4-5,7-12,15-17,24H,2-3,6,13-14,18H2,1H3/t24-,29-,44?/m0/s1. The Kier molecular flexibility index (Phi) is 7.53. The largest absolute Gasteiger partial charge is 0.402 e. The Hall–Kier alpha value is -3.81. The van der Waals surface area contributed by atoms with Gasteiger partial charge in [0.15, 0.2) is 5.78 Å². The van der Waals surface area contributed by atoms with Gasteiger partial charge >= 0.3 is 6.18 Å². The molecule has 0 saturated heterocycles. The Balaban J connectivity index is 1.46. The SMILES string of the molecule is C=S(=O)(c1cnn(C)c1)N(CC(F)(F)F)[C@H]1CCC2=Cc3c(cnn3-c3ccc(F)cc3)C[C@]2(C(=O)c2cc(Cl)ccn2)C1. The van der Waals surface area contributed by atoms with Gasteiger partial charge in [-0.2, -0.15) is 23.4 Å². The zero-order valence-electron chi connectivity index (χ0n) is 23.5. The Labute approximate surface area is 256 Å². The molecule has 3 atom stereocenters. The number of ketones is 1. The molecule has 3 heterocycles. The van der Waals surface area contributed by atoms with Gasteiger partial charge in [0.2, 0.25) is 0 Å². The molecule has 0 amide bonds. The molecule has 0 spiro atoms. The third kappa shape index (κ3) is 5.48. The summed E-state index contributed by atoms with van der Waals surface area (Å²) >= 11 is 6.21. The van der Waals surface area contributed by atoms with E-state index in [2.05, 4.69) is 21.1 Å². The van der Waals surface area contributed by atoms with E-state index in [1.807, 2.05) is 6.08 Å². The second kappa shape index (κ2) is 11.0. The van der Waals surface area contributed by atoms with E-state index in [-0.39, 0.29) is 41.3 Å². The van der Waals surface area contributed by atoms with E-state index in [1.165, 1.54) is 47.5 Å². The van der Waals surface area contributed by atoms with Gasteiger partial charge in [-0.1, -0.05) is 17.2 Å². The number of alkyl halides is 3. The van der Waals surface area contributed by atoms with Gasteiger partial charge in [0.25, 0.3) is 0 Å². The van der Waals surface area contributed by atoms with Crippen molar-refractivity contribution in [3.8, 4) is 5.69 Å². The number of carbonyl (C=O) groups excluding carboxylic acids is 1. The molecule has 6 rings (SSSR count). The molecule has 230 valence electrons. The van der Waals surface area contributed by atoms with Crippen LogP contribution in [0, 0.1) is 11.2 Å². The van der Waals surface area contributed by atoms with Crippen LogP contribution in [0.2, 0.25) is 5.02 Å². The van der Waals surface area contributed by atoms with E-state index < -0.39 is 45.5 Å². The topological polar surface area (TPSA) is 85.9 Å². The highest BCUT2D eigenvalue weighted by Gasteiger charge is 2.52. The van der Waals surface area contributed by atoms with Crippen molar-refractivity contribution < 1.29 is 26.6 Å². The lowest BCUT2D eigenvalue weighted by Crippen LogP contribution is -2.52. The first-order valence-corrected chi connectivity index (χ1v) is 15.7. The highest BCUT2D eigenvalue weighted by molar-refractivity contribution is 7.98. The summed E-state index contributed by atoms with van der Waals surface area (Å²) in [6.45, 7) is -1.48. The van der Waals surface area contributed by atoms with Crippen LogP contribution < -0.4 is 0 Å². The second-order valence-corrected chi connectivity index (χ2v) is 13.8. The molecule has 0 radical (unpaired) electrons. The summed E-state index contributed by atoms with van der Waals surface area (Å²) in [7, 11) is -2.08. The number of aromatic nitrogens is 5. The molecule has 0 aliphatic heterocycles. The van der Waals surface area contributed by atoms with E-state index in [1.54, 1.807) is 30.1 Å². The van der Waals surface area contributed by atoms with Crippen molar-refractivity contribution in [3.05, 3.63) is 94.5 Å². The number of carbonyl (C=O) groups is 1. The van der Waals surface area contributed by atoms with Crippen molar-refractivity contribution in [2.75, 3.05) is 6.54 Å². The maximum absolute atomic E-state index is 14.4. The summed E-state index contributed by atoms with van der Waals surface area (Å²) in [5.41, 5.74) is 1.43. The molecule has 3 aromatic heterocycles. The number of hydrogen-bond acceptors (Lipinski definition) is 5. The molecular weight excluding hydrogens is 620 g/mol. The molecular formula is C30H27ClF4N6O2S. The molecule has 2 aliphatic carbocycles. The lowest BCUT2D eigenvalue weighted by Gasteiger charge is -2.47. The fourth-order valence-corrected chi connectivity index (χ4v) is 8.22.